The average Bonchev–Trinajstić information content (AvgIpc) is 2.98. The summed E-state index contributed by atoms with van der Waals surface area (Å²) in [6.45, 7) is 3.04. The molecule has 0 spiro atoms. The van der Waals surface area contributed by atoms with Gasteiger partial charge in [0.15, 0.2) is 0 Å². The Morgan fingerprint density at radius 2 is 2.16 bits per heavy atom. The number of fused-ring (bicyclic) bond motifs is 1. The third-order valence-electron chi connectivity index (χ3n) is 3.17. The fourth-order valence-corrected chi connectivity index (χ4v) is 3.04. The Morgan fingerprint density at radius 1 is 1.21 bits per heavy atom. The van der Waals surface area contributed by atoms with Crippen molar-refractivity contribution in [3.8, 4) is 0 Å². The monoisotopic (exact) mass is 269 g/mol. The highest BCUT2D eigenvalue weighted by atomic mass is 32.1. The lowest BCUT2D eigenvalue weighted by molar-refractivity contribution is 0.642. The quantitative estimate of drug-likeness (QED) is 0.789. The van der Waals surface area contributed by atoms with Gasteiger partial charge in [-0.15, -0.1) is 11.3 Å². The maximum absolute atomic E-state index is 4.26. The molecule has 0 radical (unpaired) electrons. The van der Waals surface area contributed by atoms with E-state index in [1.807, 2.05) is 24.1 Å². The molecule has 3 aromatic rings. The number of hydrogen-bond donors (Lipinski definition) is 1. The zero-order chi connectivity index (χ0) is 13.1. The van der Waals surface area contributed by atoms with E-state index in [0.29, 0.717) is 0 Å². The zero-order valence-corrected chi connectivity index (χ0v) is 11.5. The van der Waals surface area contributed by atoms with Gasteiger partial charge in [0.05, 0.1) is 11.6 Å². The lowest BCUT2D eigenvalue weighted by atomic mass is 9.99. The van der Waals surface area contributed by atoms with Gasteiger partial charge in [0.2, 0.25) is 0 Å². The minimum Gasteiger partial charge on any atom is -0.306 e. The molecule has 0 fully saturated rings. The lowest BCUT2D eigenvalue weighted by Crippen LogP contribution is -2.21. The van der Waals surface area contributed by atoms with E-state index in [1.54, 1.807) is 11.3 Å². The van der Waals surface area contributed by atoms with Gasteiger partial charge in [-0.2, -0.15) is 0 Å². The van der Waals surface area contributed by atoms with Crippen molar-refractivity contribution < 1.29 is 0 Å². The van der Waals surface area contributed by atoms with Crippen molar-refractivity contribution >= 4 is 22.1 Å². The minimum atomic E-state index is 0.186. The van der Waals surface area contributed by atoms with Crippen LogP contribution < -0.4 is 5.32 Å². The van der Waals surface area contributed by atoms with Crippen LogP contribution in [0.5, 0.6) is 0 Å². The molecule has 2 aromatic heterocycles. The number of pyridine rings is 1. The number of benzene rings is 1. The van der Waals surface area contributed by atoms with E-state index < -0.39 is 0 Å². The molecule has 4 heteroatoms. The summed E-state index contributed by atoms with van der Waals surface area (Å²) < 4.78 is 0. The first kappa shape index (κ1) is 12.3. The minimum absolute atomic E-state index is 0.186. The highest BCUT2D eigenvalue weighted by molar-refractivity contribution is 7.09. The zero-order valence-electron chi connectivity index (χ0n) is 10.7. The summed E-state index contributed by atoms with van der Waals surface area (Å²) in [5.41, 5.74) is 3.14. The van der Waals surface area contributed by atoms with E-state index in [0.717, 1.165) is 6.54 Å². The number of hydrogen-bond acceptors (Lipinski definition) is 4. The third kappa shape index (κ3) is 2.37. The molecule has 3 rings (SSSR count). The standard InChI is InChI=1S/C15H15N3S/c1-2-18-15(14-9-17-10-19-14)12-5-3-4-11-6-7-16-8-13(11)12/h3-10,15,18H,2H2,1H3. The van der Waals surface area contributed by atoms with Crippen LogP contribution in [0, 0.1) is 0 Å². The van der Waals surface area contributed by atoms with Crippen LogP contribution in [0.1, 0.15) is 23.4 Å². The second-order valence-corrected chi connectivity index (χ2v) is 5.26. The molecule has 2 heterocycles. The summed E-state index contributed by atoms with van der Waals surface area (Å²) in [6.07, 6.45) is 5.71. The molecule has 19 heavy (non-hydrogen) atoms. The summed E-state index contributed by atoms with van der Waals surface area (Å²) in [7, 11) is 0. The number of rotatable bonds is 4. The smallest absolute Gasteiger partial charge is 0.0794 e. The van der Waals surface area contributed by atoms with E-state index >= 15 is 0 Å². The summed E-state index contributed by atoms with van der Waals surface area (Å²) in [5, 5.41) is 5.96. The fraction of sp³-hybridized carbons (Fsp3) is 0.200. The van der Waals surface area contributed by atoms with Gasteiger partial charge < -0.3 is 5.32 Å². The first-order chi connectivity index (χ1) is 9.40. The van der Waals surface area contributed by atoms with Gasteiger partial charge in [-0.1, -0.05) is 25.1 Å². The van der Waals surface area contributed by atoms with Crippen molar-refractivity contribution in [3.63, 3.8) is 0 Å². The predicted octanol–water partition coefficient (Wildman–Crippen LogP) is 3.39. The van der Waals surface area contributed by atoms with E-state index in [2.05, 4.69) is 46.5 Å². The molecule has 0 amide bonds. The Labute approximate surface area is 116 Å². The first-order valence-corrected chi connectivity index (χ1v) is 7.22. The van der Waals surface area contributed by atoms with Crippen LogP contribution in [0.3, 0.4) is 0 Å². The van der Waals surface area contributed by atoms with Gasteiger partial charge in [-0.3, -0.25) is 9.97 Å². The van der Waals surface area contributed by atoms with E-state index in [4.69, 9.17) is 0 Å². The molecule has 0 bridgehead atoms. The summed E-state index contributed by atoms with van der Waals surface area (Å²) in [6, 6.07) is 8.62. The molecule has 1 unspecified atom stereocenters. The van der Waals surface area contributed by atoms with Crippen LogP contribution in [0.2, 0.25) is 0 Å². The van der Waals surface area contributed by atoms with Crippen molar-refractivity contribution in [3.05, 3.63) is 58.8 Å². The van der Waals surface area contributed by atoms with E-state index in [1.165, 1.54) is 21.2 Å². The van der Waals surface area contributed by atoms with Crippen molar-refractivity contribution in [2.24, 2.45) is 0 Å². The molecule has 1 N–H and O–H groups in total. The Bertz CT molecular complexity index is 659. The second-order valence-electron chi connectivity index (χ2n) is 4.34. The van der Waals surface area contributed by atoms with Gasteiger partial charge in [-0.05, 0) is 23.6 Å². The van der Waals surface area contributed by atoms with Gasteiger partial charge in [-0.25, -0.2) is 0 Å². The number of nitrogens with zero attached hydrogens (tertiary/aromatic N) is 2. The molecule has 1 atom stereocenters. The van der Waals surface area contributed by atoms with Crippen LogP contribution >= 0.6 is 11.3 Å². The topological polar surface area (TPSA) is 37.8 Å². The van der Waals surface area contributed by atoms with Crippen LogP contribution in [-0.2, 0) is 0 Å². The lowest BCUT2D eigenvalue weighted by Gasteiger charge is -2.18. The van der Waals surface area contributed by atoms with Crippen molar-refractivity contribution in [1.29, 1.82) is 0 Å². The van der Waals surface area contributed by atoms with Gasteiger partial charge in [0.25, 0.3) is 0 Å². The van der Waals surface area contributed by atoms with Crippen LogP contribution in [-0.4, -0.2) is 16.5 Å². The molecule has 0 aliphatic rings. The van der Waals surface area contributed by atoms with Crippen molar-refractivity contribution in [2.45, 2.75) is 13.0 Å². The molecule has 0 aliphatic heterocycles. The van der Waals surface area contributed by atoms with Crippen molar-refractivity contribution in [2.75, 3.05) is 6.54 Å². The number of thiazole rings is 1. The Morgan fingerprint density at radius 3 is 2.95 bits per heavy atom. The van der Waals surface area contributed by atoms with Crippen LogP contribution in [0.15, 0.2) is 48.4 Å². The Balaban J connectivity index is 2.15. The molecule has 0 aliphatic carbocycles. The van der Waals surface area contributed by atoms with Crippen molar-refractivity contribution in [1.82, 2.24) is 15.3 Å². The SMILES string of the molecule is CCNC(c1cncs1)c1cccc2ccncc12. The first-order valence-electron chi connectivity index (χ1n) is 6.34. The highest BCUT2D eigenvalue weighted by Crippen LogP contribution is 2.30. The number of aromatic nitrogens is 2. The highest BCUT2D eigenvalue weighted by Gasteiger charge is 2.16. The average molecular weight is 269 g/mol. The molecular weight excluding hydrogens is 254 g/mol. The maximum Gasteiger partial charge on any atom is 0.0794 e. The Hall–Kier alpha value is -1.78. The number of nitrogens with one attached hydrogen (secondary N) is 1. The largest absolute Gasteiger partial charge is 0.306 e. The van der Waals surface area contributed by atoms with E-state index in [-0.39, 0.29) is 6.04 Å². The molecule has 0 saturated heterocycles. The van der Waals surface area contributed by atoms with Crippen LogP contribution in [0.4, 0.5) is 0 Å². The predicted molar refractivity (Wildman–Crippen MR) is 79.4 cm³/mol. The molecular formula is C15H15N3S. The van der Waals surface area contributed by atoms with Crippen LogP contribution in [0.25, 0.3) is 10.8 Å². The van der Waals surface area contributed by atoms with Gasteiger partial charge in [0, 0.05) is 28.9 Å². The summed E-state index contributed by atoms with van der Waals surface area (Å²) in [4.78, 5) is 9.69. The van der Waals surface area contributed by atoms with Gasteiger partial charge in [0.1, 0.15) is 0 Å². The van der Waals surface area contributed by atoms with Gasteiger partial charge >= 0.3 is 0 Å². The molecule has 96 valence electrons. The second kappa shape index (κ2) is 5.47. The fourth-order valence-electron chi connectivity index (χ4n) is 2.32. The molecule has 3 nitrogen and oxygen atoms in total. The molecule has 1 aromatic carbocycles. The molecule has 0 saturated carbocycles. The van der Waals surface area contributed by atoms with E-state index in [9.17, 15) is 0 Å². The third-order valence-corrected chi connectivity index (χ3v) is 4.01. The maximum atomic E-state index is 4.26. The summed E-state index contributed by atoms with van der Waals surface area (Å²) >= 11 is 1.68. The Kier molecular flexibility index (Phi) is 3.53. The summed E-state index contributed by atoms with van der Waals surface area (Å²) in [5.74, 6) is 0. The normalized spacial score (nSPS) is 12.7.